The average Bonchev–Trinajstić information content (AvgIpc) is 1.80. The van der Waals surface area contributed by atoms with E-state index >= 15 is 0 Å². The smallest absolute Gasteiger partial charge is 0.0929 e. The molecule has 9 heavy (non-hydrogen) atoms. The second-order valence-corrected chi connectivity index (χ2v) is 2.99. The quantitative estimate of drug-likeness (QED) is 0.423. The molecule has 1 aliphatic rings. The lowest BCUT2D eigenvalue weighted by atomic mass is 9.82. The molecule has 0 spiro atoms. The molecule has 48 valence electrons. The Morgan fingerprint density at radius 3 is 2.44 bits per heavy atom. The molecule has 2 atom stereocenters. The molecule has 0 saturated heterocycles. The van der Waals surface area contributed by atoms with E-state index in [9.17, 15) is 0 Å². The van der Waals surface area contributed by atoms with Gasteiger partial charge in [-0.05, 0) is 11.8 Å². The van der Waals surface area contributed by atoms with Gasteiger partial charge in [-0.1, -0.05) is 37.5 Å². The van der Waals surface area contributed by atoms with Crippen molar-refractivity contribution in [1.82, 2.24) is 0 Å². The summed E-state index contributed by atoms with van der Waals surface area (Å²) in [5, 5.41) is 0. The molecule has 0 aromatic rings. The molecule has 0 aromatic heterocycles. The van der Waals surface area contributed by atoms with Crippen molar-refractivity contribution in [2.24, 2.45) is 11.8 Å². The Bertz CT molecular complexity index is 156. The van der Waals surface area contributed by atoms with Gasteiger partial charge in [-0.3, -0.25) is 0 Å². The van der Waals surface area contributed by atoms with Gasteiger partial charge in [-0.25, -0.2) is 0 Å². The maximum atomic E-state index is 2.32. The van der Waals surface area contributed by atoms with E-state index in [0.29, 0.717) is 0 Å². The third-order valence-electron chi connectivity index (χ3n) is 2.02. The van der Waals surface area contributed by atoms with Gasteiger partial charge in [0.1, 0.15) is 7.85 Å². The highest BCUT2D eigenvalue weighted by molar-refractivity contribution is 6.23. The molecular formula is C8H13B. The van der Waals surface area contributed by atoms with Crippen molar-refractivity contribution in [3.05, 3.63) is 23.7 Å². The van der Waals surface area contributed by atoms with E-state index in [0.717, 1.165) is 11.8 Å². The molecule has 1 heteroatoms. The van der Waals surface area contributed by atoms with Crippen LogP contribution in [0.4, 0.5) is 0 Å². The largest absolute Gasteiger partial charge is 0.138 e. The van der Waals surface area contributed by atoms with Crippen LogP contribution >= 0.6 is 0 Å². The van der Waals surface area contributed by atoms with Crippen LogP contribution in [-0.2, 0) is 0 Å². The first-order valence-electron chi connectivity index (χ1n) is 3.57. The molecule has 0 N–H and O–H groups in total. The van der Waals surface area contributed by atoms with Crippen molar-refractivity contribution in [2.75, 3.05) is 0 Å². The van der Waals surface area contributed by atoms with E-state index in [2.05, 4.69) is 39.9 Å². The first kappa shape index (κ1) is 6.66. The third-order valence-corrected chi connectivity index (χ3v) is 2.02. The Morgan fingerprint density at radius 1 is 1.33 bits per heavy atom. The van der Waals surface area contributed by atoms with E-state index in [-0.39, 0.29) is 0 Å². The van der Waals surface area contributed by atoms with Gasteiger partial charge >= 0.3 is 0 Å². The summed E-state index contributed by atoms with van der Waals surface area (Å²) >= 11 is 0. The lowest BCUT2D eigenvalue weighted by Crippen LogP contribution is -2.06. The second-order valence-electron chi connectivity index (χ2n) is 2.99. The predicted octanol–water partition coefficient (Wildman–Crippen LogP) is 1.35. The van der Waals surface area contributed by atoms with Crippen LogP contribution < -0.4 is 0 Å². The number of rotatable bonds is 0. The standard InChI is InChI=1S/C8H13B/c1-6-3-4-8(9)5-7(6)2/h3-7H,9H2,1-2H3. The SMILES string of the molecule is BC1=CC(C)C(C)C=C1. The number of hydrogen-bond donors (Lipinski definition) is 0. The fourth-order valence-corrected chi connectivity index (χ4v) is 1.10. The lowest BCUT2D eigenvalue weighted by Gasteiger charge is -2.16. The Morgan fingerprint density at radius 2 is 2.00 bits per heavy atom. The van der Waals surface area contributed by atoms with Crippen LogP contribution in [0, 0.1) is 11.8 Å². The number of hydrogen-bond acceptors (Lipinski definition) is 0. The van der Waals surface area contributed by atoms with Crippen LogP contribution in [0.25, 0.3) is 0 Å². The topological polar surface area (TPSA) is 0 Å². The monoisotopic (exact) mass is 120 g/mol. The average molecular weight is 120 g/mol. The van der Waals surface area contributed by atoms with Gasteiger partial charge in [-0.2, -0.15) is 0 Å². The van der Waals surface area contributed by atoms with Gasteiger partial charge in [-0.15, -0.1) is 0 Å². The Kier molecular flexibility index (Phi) is 1.79. The molecule has 0 saturated carbocycles. The summed E-state index contributed by atoms with van der Waals surface area (Å²) in [5.74, 6) is 1.46. The predicted molar refractivity (Wildman–Crippen MR) is 44.1 cm³/mol. The maximum Gasteiger partial charge on any atom is 0.138 e. The minimum Gasteiger partial charge on any atom is -0.0929 e. The molecule has 0 amide bonds. The molecule has 0 radical (unpaired) electrons. The van der Waals surface area contributed by atoms with Crippen molar-refractivity contribution < 1.29 is 0 Å². The van der Waals surface area contributed by atoms with Crippen LogP contribution in [0.15, 0.2) is 23.7 Å². The molecule has 0 fully saturated rings. The van der Waals surface area contributed by atoms with Crippen LogP contribution in [0.3, 0.4) is 0 Å². The zero-order chi connectivity index (χ0) is 6.85. The molecule has 0 bridgehead atoms. The van der Waals surface area contributed by atoms with Crippen molar-refractivity contribution in [3.63, 3.8) is 0 Å². The van der Waals surface area contributed by atoms with Crippen molar-refractivity contribution in [1.29, 1.82) is 0 Å². The van der Waals surface area contributed by atoms with E-state index in [1.54, 1.807) is 0 Å². The molecular weight excluding hydrogens is 107 g/mol. The fourth-order valence-electron chi connectivity index (χ4n) is 1.10. The van der Waals surface area contributed by atoms with Crippen LogP contribution in [0.1, 0.15) is 13.8 Å². The van der Waals surface area contributed by atoms with E-state index in [4.69, 9.17) is 0 Å². The minimum atomic E-state index is 0.730. The molecule has 2 unspecified atom stereocenters. The zero-order valence-electron chi connectivity index (χ0n) is 6.39. The van der Waals surface area contributed by atoms with Crippen LogP contribution in [0.2, 0.25) is 0 Å². The fraction of sp³-hybridized carbons (Fsp3) is 0.500. The summed E-state index contributed by atoms with van der Waals surface area (Å²) in [4.78, 5) is 0. The van der Waals surface area contributed by atoms with Gasteiger partial charge in [0.25, 0.3) is 0 Å². The Hall–Kier alpha value is -0.455. The summed E-state index contributed by atoms with van der Waals surface area (Å²) in [7, 11) is 2.15. The van der Waals surface area contributed by atoms with Crippen LogP contribution in [0.5, 0.6) is 0 Å². The minimum absolute atomic E-state index is 0.730. The maximum absolute atomic E-state index is 2.32. The summed E-state index contributed by atoms with van der Waals surface area (Å²) in [5.41, 5.74) is 1.40. The van der Waals surface area contributed by atoms with Gasteiger partial charge in [0.15, 0.2) is 0 Å². The highest BCUT2D eigenvalue weighted by Crippen LogP contribution is 2.19. The van der Waals surface area contributed by atoms with Gasteiger partial charge in [0.2, 0.25) is 0 Å². The van der Waals surface area contributed by atoms with Crippen molar-refractivity contribution >= 4 is 7.85 Å². The molecule has 0 aliphatic heterocycles. The summed E-state index contributed by atoms with van der Waals surface area (Å²) in [6, 6.07) is 0. The lowest BCUT2D eigenvalue weighted by molar-refractivity contribution is 0.551. The zero-order valence-corrected chi connectivity index (χ0v) is 6.39. The molecule has 0 heterocycles. The highest BCUT2D eigenvalue weighted by atomic mass is 14.1. The summed E-state index contributed by atoms with van der Waals surface area (Å²) in [6.45, 7) is 4.52. The molecule has 1 aliphatic carbocycles. The molecule has 1 rings (SSSR count). The van der Waals surface area contributed by atoms with Crippen LogP contribution in [-0.4, -0.2) is 7.85 Å². The van der Waals surface area contributed by atoms with Gasteiger partial charge in [0, 0.05) is 0 Å². The van der Waals surface area contributed by atoms with Crippen molar-refractivity contribution in [2.45, 2.75) is 13.8 Å². The number of allylic oxidation sites excluding steroid dienone is 4. The van der Waals surface area contributed by atoms with E-state index in [1.807, 2.05) is 0 Å². The summed E-state index contributed by atoms with van der Waals surface area (Å²) < 4.78 is 0. The molecule has 0 nitrogen and oxygen atoms in total. The Balaban J connectivity index is 2.70. The Labute approximate surface area is 58.1 Å². The van der Waals surface area contributed by atoms with Gasteiger partial charge < -0.3 is 0 Å². The third kappa shape index (κ3) is 1.47. The first-order valence-corrected chi connectivity index (χ1v) is 3.57. The highest BCUT2D eigenvalue weighted by Gasteiger charge is 2.08. The summed E-state index contributed by atoms with van der Waals surface area (Å²) in [6.07, 6.45) is 6.80. The normalized spacial score (nSPS) is 34.2. The van der Waals surface area contributed by atoms with E-state index in [1.165, 1.54) is 5.47 Å². The first-order chi connectivity index (χ1) is 4.20. The second kappa shape index (κ2) is 2.42. The van der Waals surface area contributed by atoms with E-state index < -0.39 is 0 Å². The molecule has 0 aromatic carbocycles. The van der Waals surface area contributed by atoms with Gasteiger partial charge in [0.05, 0.1) is 0 Å². The van der Waals surface area contributed by atoms with Crippen molar-refractivity contribution in [3.8, 4) is 0 Å².